The van der Waals surface area contributed by atoms with Crippen LogP contribution in [0.4, 0.5) is 0 Å². The van der Waals surface area contributed by atoms with Crippen molar-refractivity contribution in [2.24, 2.45) is 0 Å². The highest BCUT2D eigenvalue weighted by atomic mass is 16.3. The van der Waals surface area contributed by atoms with Crippen LogP contribution in [0, 0.1) is 0 Å². The van der Waals surface area contributed by atoms with Gasteiger partial charge in [0.05, 0.1) is 12.1 Å². The van der Waals surface area contributed by atoms with E-state index in [2.05, 4.69) is 0 Å². The summed E-state index contributed by atoms with van der Waals surface area (Å²) in [4.78, 5) is 14.1. The van der Waals surface area contributed by atoms with Gasteiger partial charge in [0.15, 0.2) is 0 Å². The van der Waals surface area contributed by atoms with E-state index in [1.165, 1.54) is 0 Å². The predicted octanol–water partition coefficient (Wildman–Crippen LogP) is 3.55. The summed E-state index contributed by atoms with van der Waals surface area (Å²) in [5.41, 5.74) is 1.90. The molecule has 0 spiro atoms. The molecule has 0 heterocycles. The molecule has 1 amide bonds. The van der Waals surface area contributed by atoms with Crippen LogP contribution in [0.5, 0.6) is 0 Å². The molecule has 0 aromatic heterocycles. The highest BCUT2D eigenvalue weighted by Gasteiger charge is 2.26. The molecule has 0 unspecified atom stereocenters. The summed E-state index contributed by atoms with van der Waals surface area (Å²) in [5.74, 6) is 0.0475. The number of rotatable bonds is 6. The van der Waals surface area contributed by atoms with E-state index in [0.717, 1.165) is 11.1 Å². The third-order valence-electron chi connectivity index (χ3n) is 3.91. The molecule has 3 heteroatoms. The molecular weight excluding hydrogens is 274 g/mol. The van der Waals surface area contributed by atoms with E-state index in [1.54, 1.807) is 4.90 Å². The van der Waals surface area contributed by atoms with Gasteiger partial charge in [-0.15, -0.1) is 0 Å². The van der Waals surface area contributed by atoms with Gasteiger partial charge in [0.2, 0.25) is 5.91 Å². The van der Waals surface area contributed by atoms with Gasteiger partial charge in [-0.25, -0.2) is 0 Å². The summed E-state index contributed by atoms with van der Waals surface area (Å²) in [6, 6.07) is 19.1. The van der Waals surface area contributed by atoms with Crippen LogP contribution >= 0.6 is 0 Å². The molecule has 2 rings (SSSR count). The van der Waals surface area contributed by atoms with Gasteiger partial charge in [-0.1, -0.05) is 67.6 Å². The monoisotopic (exact) mass is 297 g/mol. The van der Waals surface area contributed by atoms with Gasteiger partial charge in [0, 0.05) is 13.0 Å². The fourth-order valence-corrected chi connectivity index (χ4v) is 2.54. The van der Waals surface area contributed by atoms with Crippen molar-refractivity contribution in [3.8, 4) is 0 Å². The van der Waals surface area contributed by atoms with E-state index < -0.39 is 6.10 Å². The lowest BCUT2D eigenvalue weighted by Crippen LogP contribution is -2.41. The lowest BCUT2D eigenvalue weighted by Gasteiger charge is -2.32. The zero-order chi connectivity index (χ0) is 15.9. The van der Waals surface area contributed by atoms with Crippen molar-refractivity contribution in [1.82, 2.24) is 4.90 Å². The molecule has 3 nitrogen and oxygen atoms in total. The van der Waals surface area contributed by atoms with Crippen molar-refractivity contribution in [2.75, 3.05) is 0 Å². The number of amides is 1. The van der Waals surface area contributed by atoms with Gasteiger partial charge in [-0.2, -0.15) is 0 Å². The van der Waals surface area contributed by atoms with Crippen molar-refractivity contribution >= 4 is 5.91 Å². The molecule has 0 bridgehead atoms. The van der Waals surface area contributed by atoms with Crippen LogP contribution in [0.3, 0.4) is 0 Å². The Morgan fingerprint density at radius 3 is 2.14 bits per heavy atom. The number of hydrogen-bond acceptors (Lipinski definition) is 2. The summed E-state index contributed by atoms with van der Waals surface area (Å²) in [6.07, 6.45) is -0.265. The first-order chi connectivity index (χ1) is 10.6. The number of carbonyl (C=O) groups is 1. The van der Waals surface area contributed by atoms with E-state index in [1.807, 2.05) is 74.5 Å². The smallest absolute Gasteiger partial charge is 0.222 e. The maximum Gasteiger partial charge on any atom is 0.222 e. The predicted molar refractivity (Wildman–Crippen MR) is 88.1 cm³/mol. The molecule has 2 atom stereocenters. The van der Waals surface area contributed by atoms with Gasteiger partial charge in [0.25, 0.3) is 0 Å². The average molecular weight is 297 g/mol. The molecule has 0 saturated heterocycles. The highest BCUT2D eigenvalue weighted by molar-refractivity contribution is 5.76. The number of benzene rings is 2. The molecule has 0 saturated carbocycles. The van der Waals surface area contributed by atoms with Crippen LogP contribution in [0.15, 0.2) is 60.7 Å². The minimum absolute atomic E-state index is 0.0475. The van der Waals surface area contributed by atoms with E-state index >= 15 is 0 Å². The normalized spacial score (nSPS) is 13.4. The fraction of sp³-hybridized carbons (Fsp3) is 0.316. The maximum absolute atomic E-state index is 12.3. The van der Waals surface area contributed by atoms with E-state index in [-0.39, 0.29) is 11.9 Å². The van der Waals surface area contributed by atoms with Crippen LogP contribution in [0.2, 0.25) is 0 Å². The minimum atomic E-state index is -0.694. The van der Waals surface area contributed by atoms with Crippen LogP contribution in [-0.2, 0) is 11.3 Å². The second-order valence-electron chi connectivity index (χ2n) is 5.46. The molecule has 2 aromatic carbocycles. The first-order valence-electron chi connectivity index (χ1n) is 7.70. The van der Waals surface area contributed by atoms with Gasteiger partial charge in [-0.05, 0) is 18.1 Å². The molecule has 0 radical (unpaired) electrons. The molecule has 0 fully saturated rings. The van der Waals surface area contributed by atoms with Crippen molar-refractivity contribution in [1.29, 1.82) is 0 Å². The van der Waals surface area contributed by atoms with Crippen molar-refractivity contribution < 1.29 is 9.90 Å². The second-order valence-corrected chi connectivity index (χ2v) is 5.46. The highest BCUT2D eigenvalue weighted by Crippen LogP contribution is 2.23. The molecule has 0 aliphatic heterocycles. The molecule has 116 valence electrons. The SMILES string of the molecule is CCC(=O)N(Cc1ccccc1)[C@H](C)[C@H](O)c1ccccc1. The molecular formula is C19H23NO2. The molecule has 22 heavy (non-hydrogen) atoms. The number of hydrogen-bond donors (Lipinski definition) is 1. The number of nitrogens with zero attached hydrogens (tertiary/aromatic N) is 1. The van der Waals surface area contributed by atoms with Gasteiger partial charge >= 0.3 is 0 Å². The Morgan fingerprint density at radius 2 is 1.59 bits per heavy atom. The van der Waals surface area contributed by atoms with E-state index in [0.29, 0.717) is 13.0 Å². The number of aliphatic hydroxyl groups excluding tert-OH is 1. The van der Waals surface area contributed by atoms with Gasteiger partial charge < -0.3 is 10.0 Å². The van der Waals surface area contributed by atoms with Crippen LogP contribution < -0.4 is 0 Å². The summed E-state index contributed by atoms with van der Waals surface area (Å²) < 4.78 is 0. The fourth-order valence-electron chi connectivity index (χ4n) is 2.54. The average Bonchev–Trinajstić information content (AvgIpc) is 2.59. The second kappa shape index (κ2) is 7.76. The Labute approximate surface area is 132 Å². The Kier molecular flexibility index (Phi) is 5.73. The lowest BCUT2D eigenvalue weighted by molar-refractivity contribution is -0.136. The zero-order valence-electron chi connectivity index (χ0n) is 13.1. The first kappa shape index (κ1) is 16.2. The Bertz CT molecular complexity index is 583. The number of aliphatic hydroxyl groups is 1. The van der Waals surface area contributed by atoms with Gasteiger partial charge in [-0.3, -0.25) is 4.79 Å². The van der Waals surface area contributed by atoms with Crippen LogP contribution in [-0.4, -0.2) is 22.0 Å². The van der Waals surface area contributed by atoms with Crippen molar-refractivity contribution in [3.63, 3.8) is 0 Å². The van der Waals surface area contributed by atoms with E-state index in [4.69, 9.17) is 0 Å². The summed E-state index contributed by atoms with van der Waals surface area (Å²) in [6.45, 7) is 4.26. The number of carbonyl (C=O) groups excluding carboxylic acids is 1. The molecule has 0 aliphatic rings. The van der Waals surface area contributed by atoms with Gasteiger partial charge in [0.1, 0.15) is 0 Å². The molecule has 1 N–H and O–H groups in total. The zero-order valence-corrected chi connectivity index (χ0v) is 13.1. The lowest BCUT2D eigenvalue weighted by atomic mass is 10.0. The Hall–Kier alpha value is -2.13. The topological polar surface area (TPSA) is 40.5 Å². The van der Waals surface area contributed by atoms with Crippen molar-refractivity contribution in [3.05, 3.63) is 71.8 Å². The molecule has 0 aliphatic carbocycles. The quantitative estimate of drug-likeness (QED) is 0.886. The van der Waals surface area contributed by atoms with Crippen LogP contribution in [0.25, 0.3) is 0 Å². The van der Waals surface area contributed by atoms with Crippen molar-refractivity contribution in [2.45, 2.75) is 39.0 Å². The first-order valence-corrected chi connectivity index (χ1v) is 7.70. The van der Waals surface area contributed by atoms with E-state index in [9.17, 15) is 9.90 Å². The molecule has 2 aromatic rings. The Balaban J connectivity index is 2.19. The largest absolute Gasteiger partial charge is 0.386 e. The summed E-state index contributed by atoms with van der Waals surface area (Å²) >= 11 is 0. The standard InChI is InChI=1S/C19H23NO2/c1-3-18(21)20(14-16-10-6-4-7-11-16)15(2)19(22)17-12-8-5-9-13-17/h4-13,15,19,22H,3,14H2,1-2H3/t15-,19+/m1/s1. The third kappa shape index (κ3) is 3.95. The maximum atomic E-state index is 12.3. The summed E-state index contributed by atoms with van der Waals surface area (Å²) in [7, 11) is 0. The minimum Gasteiger partial charge on any atom is -0.386 e. The third-order valence-corrected chi connectivity index (χ3v) is 3.91. The Morgan fingerprint density at radius 1 is 1.05 bits per heavy atom. The van der Waals surface area contributed by atoms with Crippen LogP contribution in [0.1, 0.15) is 37.5 Å². The summed E-state index contributed by atoms with van der Waals surface area (Å²) in [5, 5.41) is 10.6.